The van der Waals surface area contributed by atoms with Gasteiger partial charge in [0, 0.05) is 0 Å². The third-order valence-electron chi connectivity index (χ3n) is 2.58. The Morgan fingerprint density at radius 2 is 1.83 bits per heavy atom. The molecule has 0 radical (unpaired) electrons. The van der Waals surface area contributed by atoms with E-state index in [4.69, 9.17) is 5.11 Å². The molecule has 0 fully saturated rings. The smallest absolute Gasteiger partial charge is 0.416 e. The standard InChI is InChI=1S/C12H12F4O2/c1-11(2,10(17)18)6-7-5-8(12(14,15)16)3-4-9(7)13/h3-5H,6H2,1-2H3,(H,17,18). The van der Waals surface area contributed by atoms with Gasteiger partial charge in [0.2, 0.25) is 0 Å². The molecular formula is C12H12F4O2. The van der Waals surface area contributed by atoms with E-state index in [2.05, 4.69) is 0 Å². The van der Waals surface area contributed by atoms with Gasteiger partial charge < -0.3 is 5.11 Å². The molecule has 100 valence electrons. The lowest BCUT2D eigenvalue weighted by Crippen LogP contribution is -2.26. The SMILES string of the molecule is CC(C)(Cc1cc(C(F)(F)F)ccc1F)C(=O)O. The Morgan fingerprint density at radius 3 is 2.28 bits per heavy atom. The van der Waals surface area contributed by atoms with E-state index in [0.717, 1.165) is 0 Å². The third-order valence-corrected chi connectivity index (χ3v) is 2.58. The number of rotatable bonds is 3. The van der Waals surface area contributed by atoms with Gasteiger partial charge in [0.05, 0.1) is 11.0 Å². The monoisotopic (exact) mass is 264 g/mol. The second kappa shape index (κ2) is 4.59. The highest BCUT2D eigenvalue weighted by atomic mass is 19.4. The zero-order valence-electron chi connectivity index (χ0n) is 9.81. The maximum absolute atomic E-state index is 13.4. The van der Waals surface area contributed by atoms with Crippen LogP contribution in [-0.2, 0) is 17.4 Å². The van der Waals surface area contributed by atoms with Crippen molar-refractivity contribution >= 4 is 5.97 Å². The van der Waals surface area contributed by atoms with Gasteiger partial charge in [-0.3, -0.25) is 4.79 Å². The largest absolute Gasteiger partial charge is 0.481 e. The van der Waals surface area contributed by atoms with E-state index in [-0.39, 0.29) is 12.0 Å². The molecule has 0 aromatic heterocycles. The number of carboxylic acid groups (broad SMARTS) is 1. The summed E-state index contributed by atoms with van der Waals surface area (Å²) in [5, 5.41) is 8.88. The Kier molecular flexibility index (Phi) is 3.69. The van der Waals surface area contributed by atoms with Crippen LogP contribution < -0.4 is 0 Å². The number of carbonyl (C=O) groups is 1. The van der Waals surface area contributed by atoms with Crippen LogP contribution in [0.15, 0.2) is 18.2 Å². The van der Waals surface area contributed by atoms with Crippen molar-refractivity contribution in [3.63, 3.8) is 0 Å². The summed E-state index contributed by atoms with van der Waals surface area (Å²) < 4.78 is 50.7. The molecule has 0 bridgehead atoms. The van der Waals surface area contributed by atoms with Crippen molar-refractivity contribution in [3.8, 4) is 0 Å². The van der Waals surface area contributed by atoms with Crippen molar-refractivity contribution in [2.24, 2.45) is 5.41 Å². The van der Waals surface area contributed by atoms with Gasteiger partial charge in [-0.1, -0.05) is 0 Å². The summed E-state index contributed by atoms with van der Waals surface area (Å²) in [7, 11) is 0. The second-order valence-corrected chi connectivity index (χ2v) is 4.67. The van der Waals surface area contributed by atoms with Crippen LogP contribution in [0.1, 0.15) is 25.0 Å². The summed E-state index contributed by atoms with van der Waals surface area (Å²) >= 11 is 0. The Labute approximate surface area is 101 Å². The Morgan fingerprint density at radius 1 is 1.28 bits per heavy atom. The molecule has 0 aliphatic heterocycles. The average molecular weight is 264 g/mol. The summed E-state index contributed by atoms with van der Waals surface area (Å²) in [6.07, 6.45) is -4.88. The maximum Gasteiger partial charge on any atom is 0.416 e. The molecule has 1 aromatic rings. The molecule has 0 amide bonds. The molecule has 0 saturated carbocycles. The minimum Gasteiger partial charge on any atom is -0.481 e. The van der Waals surface area contributed by atoms with Crippen LogP contribution in [0.4, 0.5) is 17.6 Å². The van der Waals surface area contributed by atoms with Gasteiger partial charge in [-0.25, -0.2) is 4.39 Å². The van der Waals surface area contributed by atoms with E-state index < -0.39 is 28.9 Å². The first-order valence-electron chi connectivity index (χ1n) is 5.13. The van der Waals surface area contributed by atoms with E-state index in [1.807, 2.05) is 0 Å². The highest BCUT2D eigenvalue weighted by Crippen LogP contribution is 2.32. The number of halogens is 4. The molecule has 1 aromatic carbocycles. The Balaban J connectivity index is 3.14. The topological polar surface area (TPSA) is 37.3 Å². The zero-order valence-corrected chi connectivity index (χ0v) is 9.81. The highest BCUT2D eigenvalue weighted by molar-refractivity contribution is 5.74. The number of benzene rings is 1. The lowest BCUT2D eigenvalue weighted by molar-refractivity contribution is -0.146. The van der Waals surface area contributed by atoms with E-state index in [0.29, 0.717) is 18.2 Å². The minimum atomic E-state index is -4.57. The summed E-state index contributed by atoms with van der Waals surface area (Å²) in [5.41, 5.74) is -2.57. The fraction of sp³-hybridized carbons (Fsp3) is 0.417. The molecule has 1 rings (SSSR count). The van der Waals surface area contributed by atoms with E-state index in [9.17, 15) is 22.4 Å². The van der Waals surface area contributed by atoms with E-state index >= 15 is 0 Å². The van der Waals surface area contributed by atoms with Crippen LogP contribution in [0.25, 0.3) is 0 Å². The lowest BCUT2D eigenvalue weighted by atomic mass is 9.85. The number of alkyl halides is 3. The van der Waals surface area contributed by atoms with Crippen molar-refractivity contribution in [1.29, 1.82) is 0 Å². The number of hydrogen-bond donors (Lipinski definition) is 1. The molecule has 0 atom stereocenters. The first-order chi connectivity index (χ1) is 8.04. The molecule has 0 aliphatic carbocycles. The van der Waals surface area contributed by atoms with Gasteiger partial charge in [0.15, 0.2) is 0 Å². The number of hydrogen-bond acceptors (Lipinski definition) is 1. The second-order valence-electron chi connectivity index (χ2n) is 4.67. The summed E-state index contributed by atoms with van der Waals surface area (Å²) in [6, 6.07) is 1.99. The summed E-state index contributed by atoms with van der Waals surface area (Å²) in [4.78, 5) is 10.9. The van der Waals surface area contributed by atoms with Gasteiger partial charge in [0.1, 0.15) is 5.82 Å². The fourth-order valence-electron chi connectivity index (χ4n) is 1.44. The average Bonchev–Trinajstić information content (AvgIpc) is 2.19. The van der Waals surface area contributed by atoms with Gasteiger partial charge in [0.25, 0.3) is 0 Å². The third kappa shape index (κ3) is 3.21. The molecular weight excluding hydrogens is 252 g/mol. The molecule has 18 heavy (non-hydrogen) atoms. The molecule has 1 N–H and O–H groups in total. The number of carboxylic acids is 1. The summed E-state index contributed by atoms with van der Waals surface area (Å²) in [6.45, 7) is 2.66. The van der Waals surface area contributed by atoms with Crippen molar-refractivity contribution in [2.45, 2.75) is 26.4 Å². The van der Waals surface area contributed by atoms with Gasteiger partial charge >= 0.3 is 12.1 Å². The van der Waals surface area contributed by atoms with Crippen LogP contribution in [0.5, 0.6) is 0 Å². The van der Waals surface area contributed by atoms with Gasteiger partial charge in [-0.2, -0.15) is 13.2 Å². The molecule has 2 nitrogen and oxygen atoms in total. The number of aliphatic carboxylic acids is 1. The molecule has 0 aliphatic rings. The van der Waals surface area contributed by atoms with Gasteiger partial charge in [-0.05, 0) is 44.0 Å². The zero-order chi connectivity index (χ0) is 14.1. The van der Waals surface area contributed by atoms with E-state index in [1.165, 1.54) is 13.8 Å². The first kappa shape index (κ1) is 14.5. The normalized spacial score (nSPS) is 12.6. The molecule has 0 spiro atoms. The van der Waals surface area contributed by atoms with Crippen LogP contribution in [0.2, 0.25) is 0 Å². The predicted octanol–water partition coefficient (Wildman–Crippen LogP) is 3.50. The molecule has 0 heterocycles. The minimum absolute atomic E-state index is 0.253. The molecule has 6 heteroatoms. The predicted molar refractivity (Wildman–Crippen MR) is 56.5 cm³/mol. The van der Waals surface area contributed by atoms with Crippen LogP contribution in [-0.4, -0.2) is 11.1 Å². The molecule has 0 saturated heterocycles. The van der Waals surface area contributed by atoms with Crippen molar-refractivity contribution in [1.82, 2.24) is 0 Å². The lowest BCUT2D eigenvalue weighted by Gasteiger charge is -2.20. The van der Waals surface area contributed by atoms with Gasteiger partial charge in [-0.15, -0.1) is 0 Å². The van der Waals surface area contributed by atoms with Crippen LogP contribution in [0.3, 0.4) is 0 Å². The highest BCUT2D eigenvalue weighted by Gasteiger charge is 2.33. The summed E-state index contributed by atoms with van der Waals surface area (Å²) in [5.74, 6) is -2.03. The van der Waals surface area contributed by atoms with Crippen molar-refractivity contribution < 1.29 is 27.5 Å². The maximum atomic E-state index is 13.4. The Bertz CT molecular complexity index is 464. The van der Waals surface area contributed by atoms with Crippen molar-refractivity contribution in [3.05, 3.63) is 35.1 Å². The fourth-order valence-corrected chi connectivity index (χ4v) is 1.44. The quantitative estimate of drug-likeness (QED) is 0.848. The molecule has 0 unspecified atom stereocenters. The van der Waals surface area contributed by atoms with Crippen LogP contribution in [0, 0.1) is 11.2 Å². The van der Waals surface area contributed by atoms with E-state index in [1.54, 1.807) is 0 Å². The first-order valence-corrected chi connectivity index (χ1v) is 5.13. The van der Waals surface area contributed by atoms with Crippen LogP contribution >= 0.6 is 0 Å². The Hall–Kier alpha value is -1.59. The van der Waals surface area contributed by atoms with Crippen molar-refractivity contribution in [2.75, 3.05) is 0 Å².